The van der Waals surface area contributed by atoms with E-state index < -0.39 is 0 Å². The van der Waals surface area contributed by atoms with E-state index in [1.807, 2.05) is 12.3 Å². The Bertz CT molecular complexity index is 507. The number of methoxy groups -OCH3 is 1. The van der Waals surface area contributed by atoms with E-state index in [-0.39, 0.29) is 12.0 Å². The van der Waals surface area contributed by atoms with Gasteiger partial charge in [-0.1, -0.05) is 0 Å². The number of nitrogens with zero attached hydrogens (tertiary/aromatic N) is 4. The Morgan fingerprint density at radius 1 is 1.28 bits per heavy atom. The summed E-state index contributed by atoms with van der Waals surface area (Å²) in [5, 5.41) is 6.02. The summed E-state index contributed by atoms with van der Waals surface area (Å²) in [6.07, 6.45) is 0. The lowest BCUT2D eigenvalue weighted by Gasteiger charge is -2.06. The molecule has 9 heteroatoms. The van der Waals surface area contributed by atoms with E-state index >= 15 is 0 Å². The van der Waals surface area contributed by atoms with Crippen LogP contribution in [0.25, 0.3) is 0 Å². The van der Waals surface area contributed by atoms with E-state index in [1.165, 1.54) is 7.11 Å². The van der Waals surface area contributed by atoms with Crippen LogP contribution in [0, 0.1) is 6.92 Å². The van der Waals surface area contributed by atoms with Crippen LogP contribution in [0.1, 0.15) is 10.7 Å². The lowest BCUT2D eigenvalue weighted by Crippen LogP contribution is -2.14. The van der Waals surface area contributed by atoms with Crippen LogP contribution in [-0.4, -0.2) is 27.0 Å². The number of aryl methyl sites for hydroxylation is 1. The summed E-state index contributed by atoms with van der Waals surface area (Å²) in [6.45, 7) is 2.48. The van der Waals surface area contributed by atoms with Gasteiger partial charge in [0, 0.05) is 5.38 Å². The topological polar surface area (TPSA) is 111 Å². The predicted molar refractivity (Wildman–Crippen MR) is 68.4 cm³/mol. The predicted octanol–water partition coefficient (Wildman–Crippen LogP) is 0.543. The Morgan fingerprint density at radius 3 is 2.67 bits per heavy atom. The molecular weight excluding hydrogens is 254 g/mol. The Hall–Kier alpha value is -2.00. The van der Waals surface area contributed by atoms with Crippen LogP contribution >= 0.6 is 11.3 Å². The summed E-state index contributed by atoms with van der Waals surface area (Å²) in [4.78, 5) is 16.3. The zero-order chi connectivity index (χ0) is 13.0. The van der Waals surface area contributed by atoms with Crippen molar-refractivity contribution in [3.05, 3.63) is 16.1 Å². The summed E-state index contributed by atoms with van der Waals surface area (Å²) in [6, 6.07) is 0.190. The molecule has 0 fully saturated rings. The number of nitrogens with one attached hydrogen (secondary N) is 2. The quantitative estimate of drug-likeness (QED) is 0.532. The van der Waals surface area contributed by atoms with Crippen molar-refractivity contribution in [1.82, 2.24) is 19.9 Å². The molecule has 0 spiro atoms. The highest BCUT2D eigenvalue weighted by molar-refractivity contribution is 7.09. The van der Waals surface area contributed by atoms with E-state index in [0.717, 1.165) is 10.7 Å². The van der Waals surface area contributed by atoms with E-state index in [1.54, 1.807) is 11.3 Å². The number of rotatable bonds is 5. The molecule has 0 aromatic carbocycles. The Balaban J connectivity index is 2.08. The molecular formula is C9H13N7OS. The van der Waals surface area contributed by atoms with Gasteiger partial charge >= 0.3 is 6.01 Å². The molecule has 2 rings (SSSR count). The highest BCUT2D eigenvalue weighted by atomic mass is 32.1. The number of hydrazine groups is 1. The van der Waals surface area contributed by atoms with Gasteiger partial charge in [-0.3, -0.25) is 5.43 Å². The standard InChI is InChI=1S/C9H13N7OS/c1-5-12-6(4-18-5)3-11-7-13-8(16-10)15-9(14-7)17-2/h4H,3,10H2,1-2H3,(H2,11,13,14,15,16). The Labute approximate surface area is 108 Å². The van der Waals surface area contributed by atoms with Crippen LogP contribution in [0.2, 0.25) is 0 Å². The molecule has 2 heterocycles. The van der Waals surface area contributed by atoms with E-state index in [4.69, 9.17) is 10.6 Å². The first-order valence-corrected chi connectivity index (χ1v) is 6.01. The first-order valence-electron chi connectivity index (χ1n) is 5.13. The van der Waals surface area contributed by atoms with Gasteiger partial charge in [-0.15, -0.1) is 11.3 Å². The number of nitrogens with two attached hydrogens (primary N) is 1. The molecule has 0 atom stereocenters. The molecule has 0 aliphatic heterocycles. The molecule has 2 aromatic rings. The average molecular weight is 267 g/mol. The molecule has 4 N–H and O–H groups in total. The lowest BCUT2D eigenvalue weighted by molar-refractivity contribution is 0.379. The summed E-state index contributed by atoms with van der Waals surface area (Å²) in [7, 11) is 1.48. The summed E-state index contributed by atoms with van der Waals surface area (Å²) >= 11 is 1.59. The fraction of sp³-hybridized carbons (Fsp3) is 0.333. The van der Waals surface area contributed by atoms with Crippen LogP contribution in [0.15, 0.2) is 5.38 Å². The SMILES string of the molecule is COc1nc(NN)nc(NCc2csc(C)n2)n1. The summed E-state index contributed by atoms with van der Waals surface area (Å²) < 4.78 is 4.94. The Kier molecular flexibility index (Phi) is 3.85. The summed E-state index contributed by atoms with van der Waals surface area (Å²) in [5.41, 5.74) is 3.28. The van der Waals surface area contributed by atoms with Crippen molar-refractivity contribution in [3.63, 3.8) is 0 Å². The normalized spacial score (nSPS) is 10.2. The maximum absolute atomic E-state index is 5.26. The van der Waals surface area contributed by atoms with Crippen molar-refractivity contribution in [1.29, 1.82) is 0 Å². The molecule has 0 unspecified atom stereocenters. The van der Waals surface area contributed by atoms with Crippen molar-refractivity contribution in [2.75, 3.05) is 17.9 Å². The van der Waals surface area contributed by atoms with Gasteiger partial charge in [0.25, 0.3) is 0 Å². The molecule has 0 radical (unpaired) electrons. The van der Waals surface area contributed by atoms with Crippen LogP contribution in [0.3, 0.4) is 0 Å². The zero-order valence-corrected chi connectivity index (χ0v) is 10.8. The van der Waals surface area contributed by atoms with Gasteiger partial charge in [0.15, 0.2) is 0 Å². The van der Waals surface area contributed by atoms with Gasteiger partial charge in [-0.2, -0.15) is 15.0 Å². The second-order valence-electron chi connectivity index (χ2n) is 3.33. The number of nitrogen functional groups attached to an aromatic ring is 1. The van der Waals surface area contributed by atoms with Gasteiger partial charge in [-0.25, -0.2) is 10.8 Å². The third-order valence-corrected chi connectivity index (χ3v) is 2.84. The smallest absolute Gasteiger partial charge is 0.322 e. The van der Waals surface area contributed by atoms with Crippen molar-refractivity contribution in [2.45, 2.75) is 13.5 Å². The van der Waals surface area contributed by atoms with Gasteiger partial charge in [0.05, 0.1) is 24.4 Å². The number of thiazole rings is 1. The van der Waals surface area contributed by atoms with E-state index in [2.05, 4.69) is 30.7 Å². The molecule has 8 nitrogen and oxygen atoms in total. The van der Waals surface area contributed by atoms with Gasteiger partial charge in [-0.05, 0) is 6.92 Å². The maximum atomic E-state index is 5.26. The van der Waals surface area contributed by atoms with Crippen LogP contribution in [0.5, 0.6) is 6.01 Å². The number of ether oxygens (including phenoxy) is 1. The maximum Gasteiger partial charge on any atom is 0.322 e. The minimum absolute atomic E-state index is 0.190. The molecule has 18 heavy (non-hydrogen) atoms. The Morgan fingerprint density at radius 2 is 2.06 bits per heavy atom. The molecule has 96 valence electrons. The fourth-order valence-corrected chi connectivity index (χ4v) is 1.86. The molecule has 0 aliphatic rings. The molecule has 0 amide bonds. The highest BCUT2D eigenvalue weighted by Gasteiger charge is 2.06. The third-order valence-electron chi connectivity index (χ3n) is 2.02. The minimum Gasteiger partial charge on any atom is -0.467 e. The molecule has 2 aromatic heterocycles. The highest BCUT2D eigenvalue weighted by Crippen LogP contribution is 2.12. The van der Waals surface area contributed by atoms with Gasteiger partial charge in [0.2, 0.25) is 11.9 Å². The van der Waals surface area contributed by atoms with Crippen molar-refractivity contribution >= 4 is 23.2 Å². The van der Waals surface area contributed by atoms with Crippen molar-refractivity contribution in [3.8, 4) is 6.01 Å². The first kappa shape index (κ1) is 12.5. The largest absolute Gasteiger partial charge is 0.467 e. The number of aromatic nitrogens is 4. The number of hydrogen-bond donors (Lipinski definition) is 3. The first-order chi connectivity index (χ1) is 8.71. The fourth-order valence-electron chi connectivity index (χ4n) is 1.25. The molecule has 0 saturated carbocycles. The molecule has 0 aliphatic carbocycles. The number of hydrogen-bond acceptors (Lipinski definition) is 9. The van der Waals surface area contributed by atoms with Gasteiger partial charge < -0.3 is 10.1 Å². The van der Waals surface area contributed by atoms with Crippen LogP contribution < -0.4 is 21.3 Å². The van der Waals surface area contributed by atoms with E-state index in [9.17, 15) is 0 Å². The van der Waals surface area contributed by atoms with Gasteiger partial charge in [0.1, 0.15) is 0 Å². The van der Waals surface area contributed by atoms with Crippen molar-refractivity contribution < 1.29 is 4.74 Å². The molecule has 0 saturated heterocycles. The summed E-state index contributed by atoms with van der Waals surface area (Å²) in [5.74, 6) is 5.87. The average Bonchev–Trinajstić information content (AvgIpc) is 2.81. The van der Waals surface area contributed by atoms with E-state index in [0.29, 0.717) is 12.5 Å². The zero-order valence-electron chi connectivity index (χ0n) is 9.97. The molecule has 0 bridgehead atoms. The second kappa shape index (κ2) is 5.56. The van der Waals surface area contributed by atoms with Crippen LogP contribution in [-0.2, 0) is 6.54 Å². The van der Waals surface area contributed by atoms with Crippen molar-refractivity contribution in [2.24, 2.45) is 5.84 Å². The second-order valence-corrected chi connectivity index (χ2v) is 4.39. The lowest BCUT2D eigenvalue weighted by atomic mass is 10.5. The minimum atomic E-state index is 0.190. The third kappa shape index (κ3) is 3.02. The number of anilines is 2. The monoisotopic (exact) mass is 267 g/mol. The van der Waals surface area contributed by atoms with Crippen LogP contribution in [0.4, 0.5) is 11.9 Å².